The molecule has 0 aromatic carbocycles. The van der Waals surface area contributed by atoms with E-state index in [9.17, 15) is 0 Å². The monoisotopic (exact) mass is 196 g/mol. The first kappa shape index (κ1) is 12.2. The first-order chi connectivity index (χ1) is 5.61. The molecule has 0 saturated heterocycles. The Morgan fingerprint density at radius 1 is 1.17 bits per heavy atom. The molecule has 0 spiro atoms. The molecular weight excluding hydrogens is 180 g/mol. The van der Waals surface area contributed by atoms with Crippen LogP contribution in [0.4, 0.5) is 0 Å². The maximum atomic E-state index is 5.79. The molecule has 12 heavy (non-hydrogen) atoms. The van der Waals surface area contributed by atoms with Gasteiger partial charge in [-0.15, -0.1) is 11.6 Å². The van der Waals surface area contributed by atoms with Crippen LogP contribution < -0.4 is 0 Å². The molecule has 0 heterocycles. The summed E-state index contributed by atoms with van der Waals surface area (Å²) in [5, 5.41) is -0.000591. The quantitative estimate of drug-likeness (QED) is 0.478. The van der Waals surface area contributed by atoms with Gasteiger partial charge in [0.15, 0.2) is 6.29 Å². The summed E-state index contributed by atoms with van der Waals surface area (Å²) >= 11 is 5.79. The van der Waals surface area contributed by atoms with Gasteiger partial charge in [-0.05, 0) is 13.8 Å². The second kappa shape index (κ2) is 6.66. The van der Waals surface area contributed by atoms with Crippen LogP contribution in [0.3, 0.4) is 0 Å². The fourth-order valence-corrected chi connectivity index (χ4v) is 0.668. The zero-order valence-electron chi connectivity index (χ0n) is 8.04. The fourth-order valence-electron chi connectivity index (χ4n) is 0.595. The topological polar surface area (TPSA) is 27.7 Å². The lowest BCUT2D eigenvalue weighted by molar-refractivity contribution is -0.149. The molecule has 0 aromatic heterocycles. The van der Waals surface area contributed by atoms with Crippen LogP contribution >= 0.6 is 11.6 Å². The van der Waals surface area contributed by atoms with E-state index in [2.05, 4.69) is 0 Å². The minimum atomic E-state index is -0.303. The summed E-state index contributed by atoms with van der Waals surface area (Å²) in [7, 11) is 3.15. The zero-order chi connectivity index (χ0) is 9.56. The van der Waals surface area contributed by atoms with Gasteiger partial charge in [0.05, 0.1) is 18.1 Å². The molecule has 0 aliphatic carbocycles. The maximum Gasteiger partial charge on any atom is 0.180 e. The van der Waals surface area contributed by atoms with E-state index in [1.165, 1.54) is 0 Å². The summed E-state index contributed by atoms with van der Waals surface area (Å²) in [6.07, 6.45) is -0.290. The second-order valence-corrected chi connectivity index (χ2v) is 3.31. The molecule has 0 bridgehead atoms. The van der Waals surface area contributed by atoms with E-state index in [-0.39, 0.29) is 17.8 Å². The van der Waals surface area contributed by atoms with Crippen LogP contribution in [-0.2, 0) is 14.2 Å². The lowest BCUT2D eigenvalue weighted by Crippen LogP contribution is -2.26. The van der Waals surface area contributed by atoms with E-state index in [0.717, 1.165) is 0 Å². The van der Waals surface area contributed by atoms with E-state index < -0.39 is 0 Å². The molecule has 0 radical (unpaired) electrons. The van der Waals surface area contributed by atoms with E-state index in [1.54, 1.807) is 14.2 Å². The minimum absolute atomic E-state index is 0.000591. The molecule has 0 amide bonds. The fraction of sp³-hybridized carbons (Fsp3) is 1.00. The summed E-state index contributed by atoms with van der Waals surface area (Å²) in [5.74, 6) is 0. The van der Waals surface area contributed by atoms with Crippen molar-refractivity contribution in [2.24, 2.45) is 0 Å². The summed E-state index contributed by atoms with van der Waals surface area (Å²) < 4.78 is 15.2. The number of hydrogen-bond acceptors (Lipinski definition) is 3. The van der Waals surface area contributed by atoms with Crippen molar-refractivity contribution in [2.75, 3.05) is 20.8 Å². The van der Waals surface area contributed by atoms with Crippen LogP contribution in [0.25, 0.3) is 0 Å². The number of methoxy groups -OCH3 is 2. The molecule has 3 nitrogen and oxygen atoms in total. The van der Waals surface area contributed by atoms with Crippen molar-refractivity contribution in [3.8, 4) is 0 Å². The first-order valence-corrected chi connectivity index (χ1v) is 4.36. The van der Waals surface area contributed by atoms with Gasteiger partial charge in [-0.25, -0.2) is 0 Å². The Hall–Kier alpha value is 0.170. The number of halogens is 1. The van der Waals surface area contributed by atoms with E-state index in [1.807, 2.05) is 13.8 Å². The zero-order valence-corrected chi connectivity index (χ0v) is 8.80. The highest BCUT2D eigenvalue weighted by molar-refractivity contribution is 6.20. The molecule has 0 N–H and O–H groups in total. The van der Waals surface area contributed by atoms with Crippen LogP contribution in [0.5, 0.6) is 0 Å². The normalized spacial score (nSPS) is 16.5. The molecule has 1 unspecified atom stereocenters. The van der Waals surface area contributed by atoms with Gasteiger partial charge in [0.25, 0.3) is 0 Å². The molecule has 0 saturated carbocycles. The van der Waals surface area contributed by atoms with Crippen LogP contribution in [0, 0.1) is 0 Å². The minimum Gasteiger partial charge on any atom is -0.372 e. The highest BCUT2D eigenvalue weighted by Crippen LogP contribution is 2.06. The molecule has 74 valence electrons. The van der Waals surface area contributed by atoms with Crippen molar-refractivity contribution in [3.63, 3.8) is 0 Å². The Morgan fingerprint density at radius 3 is 2.00 bits per heavy atom. The van der Waals surface area contributed by atoms with Crippen LogP contribution in [0.15, 0.2) is 0 Å². The van der Waals surface area contributed by atoms with E-state index in [0.29, 0.717) is 6.61 Å². The third-order valence-electron chi connectivity index (χ3n) is 1.67. The molecule has 0 aliphatic heterocycles. The second-order valence-electron chi connectivity index (χ2n) is 2.62. The van der Waals surface area contributed by atoms with Gasteiger partial charge < -0.3 is 14.2 Å². The third kappa shape index (κ3) is 4.93. The molecule has 4 heteroatoms. The molecule has 0 aliphatic rings. The lowest BCUT2D eigenvalue weighted by atomic mass is 10.3. The maximum absolute atomic E-state index is 5.79. The van der Waals surface area contributed by atoms with Gasteiger partial charge in [-0.2, -0.15) is 0 Å². The van der Waals surface area contributed by atoms with Gasteiger partial charge in [0.2, 0.25) is 0 Å². The smallest absolute Gasteiger partial charge is 0.180 e. The summed E-state index contributed by atoms with van der Waals surface area (Å²) in [6.45, 7) is 4.21. The van der Waals surface area contributed by atoms with Gasteiger partial charge in [-0.3, -0.25) is 0 Å². The van der Waals surface area contributed by atoms with Crippen molar-refractivity contribution in [1.29, 1.82) is 0 Å². The van der Waals surface area contributed by atoms with Crippen molar-refractivity contribution in [3.05, 3.63) is 0 Å². The van der Waals surface area contributed by atoms with Gasteiger partial charge >= 0.3 is 0 Å². The standard InChI is InChI=1S/C8H17ClO3/c1-6(9)7(2)12-5-8(10-3)11-4/h6-8H,5H2,1-4H3/t6?,7-/m0/s1. The van der Waals surface area contributed by atoms with Crippen molar-refractivity contribution < 1.29 is 14.2 Å². The average Bonchev–Trinajstić information content (AvgIpc) is 2.05. The van der Waals surface area contributed by atoms with E-state index in [4.69, 9.17) is 25.8 Å². The highest BCUT2D eigenvalue weighted by atomic mass is 35.5. The van der Waals surface area contributed by atoms with Gasteiger partial charge in [0, 0.05) is 14.2 Å². The number of alkyl halides is 1. The van der Waals surface area contributed by atoms with Crippen LogP contribution in [-0.4, -0.2) is 38.6 Å². The Kier molecular flexibility index (Phi) is 6.76. The van der Waals surface area contributed by atoms with Crippen molar-refractivity contribution in [1.82, 2.24) is 0 Å². The average molecular weight is 197 g/mol. The Bertz CT molecular complexity index is 102. The Morgan fingerprint density at radius 2 is 1.67 bits per heavy atom. The highest BCUT2D eigenvalue weighted by Gasteiger charge is 2.12. The van der Waals surface area contributed by atoms with Crippen LogP contribution in [0.1, 0.15) is 13.8 Å². The van der Waals surface area contributed by atoms with Crippen molar-refractivity contribution >= 4 is 11.6 Å². The molecular formula is C8H17ClO3. The predicted molar refractivity (Wildman–Crippen MR) is 48.5 cm³/mol. The Labute approximate surface area is 78.9 Å². The van der Waals surface area contributed by atoms with Gasteiger partial charge in [0.1, 0.15) is 0 Å². The molecule has 0 aromatic rings. The predicted octanol–water partition coefficient (Wildman–Crippen LogP) is 1.64. The Balaban J connectivity index is 3.51. The number of rotatable bonds is 6. The van der Waals surface area contributed by atoms with Crippen molar-refractivity contribution in [2.45, 2.75) is 31.6 Å². The lowest BCUT2D eigenvalue weighted by Gasteiger charge is -2.19. The van der Waals surface area contributed by atoms with Crippen LogP contribution in [0.2, 0.25) is 0 Å². The number of ether oxygens (including phenoxy) is 3. The summed E-state index contributed by atoms with van der Waals surface area (Å²) in [4.78, 5) is 0. The SMILES string of the molecule is COC(CO[C@@H](C)C(C)Cl)OC. The summed E-state index contributed by atoms with van der Waals surface area (Å²) in [5.41, 5.74) is 0. The molecule has 2 atom stereocenters. The third-order valence-corrected chi connectivity index (χ3v) is 2.02. The number of hydrogen-bond donors (Lipinski definition) is 0. The van der Waals surface area contributed by atoms with E-state index >= 15 is 0 Å². The molecule has 0 rings (SSSR count). The first-order valence-electron chi connectivity index (χ1n) is 3.93. The van der Waals surface area contributed by atoms with Gasteiger partial charge in [-0.1, -0.05) is 0 Å². The molecule has 0 fully saturated rings. The largest absolute Gasteiger partial charge is 0.372 e. The summed E-state index contributed by atoms with van der Waals surface area (Å²) in [6, 6.07) is 0.